The van der Waals surface area contributed by atoms with Crippen LogP contribution in [0.4, 0.5) is 0 Å². The lowest BCUT2D eigenvalue weighted by Gasteiger charge is -2.13. The van der Waals surface area contributed by atoms with E-state index in [0.29, 0.717) is 29.8 Å². The second-order valence-electron chi connectivity index (χ2n) is 4.16. The van der Waals surface area contributed by atoms with E-state index in [2.05, 4.69) is 17.2 Å². The smallest absolute Gasteiger partial charge is 0.203 e. The topological polar surface area (TPSA) is 78.1 Å². The van der Waals surface area contributed by atoms with E-state index in [0.717, 1.165) is 18.5 Å². The van der Waals surface area contributed by atoms with Crippen molar-refractivity contribution in [3.63, 3.8) is 0 Å². The van der Waals surface area contributed by atoms with Gasteiger partial charge in [0.05, 0.1) is 27.9 Å². The molecular formula is C14H24IN3O3. The maximum Gasteiger partial charge on any atom is 0.203 e. The molecule has 0 aromatic heterocycles. The number of rotatable bonds is 7. The molecule has 0 aliphatic carbocycles. The molecule has 0 saturated heterocycles. The van der Waals surface area contributed by atoms with Crippen LogP contribution < -0.4 is 25.3 Å². The van der Waals surface area contributed by atoms with Crippen LogP contribution in [-0.2, 0) is 6.54 Å². The molecule has 0 spiro atoms. The lowest BCUT2D eigenvalue weighted by molar-refractivity contribution is 0.324. The Morgan fingerprint density at radius 3 is 2.14 bits per heavy atom. The summed E-state index contributed by atoms with van der Waals surface area (Å²) >= 11 is 0. The minimum absolute atomic E-state index is 0. The van der Waals surface area contributed by atoms with Gasteiger partial charge < -0.3 is 25.3 Å². The van der Waals surface area contributed by atoms with Gasteiger partial charge in [-0.05, 0) is 24.1 Å². The normalized spacial score (nSPS) is 10.6. The van der Waals surface area contributed by atoms with Crippen molar-refractivity contribution in [1.29, 1.82) is 0 Å². The number of nitrogens with one attached hydrogen (secondary N) is 1. The zero-order chi connectivity index (χ0) is 15.0. The first-order chi connectivity index (χ1) is 9.65. The van der Waals surface area contributed by atoms with E-state index in [4.69, 9.17) is 19.9 Å². The SMILES string of the molecule is CCCNC(N)=NCc1cc(OC)c(OC)c(OC)c1.I. The minimum atomic E-state index is 0. The molecule has 1 aromatic rings. The van der Waals surface area contributed by atoms with Crippen molar-refractivity contribution in [1.82, 2.24) is 5.32 Å². The quantitative estimate of drug-likeness (QED) is 0.410. The number of guanidine groups is 1. The van der Waals surface area contributed by atoms with E-state index in [1.54, 1.807) is 21.3 Å². The van der Waals surface area contributed by atoms with Gasteiger partial charge in [0.1, 0.15) is 0 Å². The summed E-state index contributed by atoms with van der Waals surface area (Å²) in [5, 5.41) is 3.02. The van der Waals surface area contributed by atoms with Crippen LogP contribution in [0, 0.1) is 0 Å². The summed E-state index contributed by atoms with van der Waals surface area (Å²) in [4.78, 5) is 4.27. The average Bonchev–Trinajstić information content (AvgIpc) is 2.49. The molecule has 0 saturated carbocycles. The van der Waals surface area contributed by atoms with E-state index in [1.807, 2.05) is 12.1 Å². The largest absolute Gasteiger partial charge is 0.493 e. The lowest BCUT2D eigenvalue weighted by atomic mass is 10.2. The summed E-state index contributed by atoms with van der Waals surface area (Å²) in [5.41, 5.74) is 6.69. The molecule has 0 bridgehead atoms. The van der Waals surface area contributed by atoms with Crippen LogP contribution in [0.3, 0.4) is 0 Å². The summed E-state index contributed by atoms with van der Waals surface area (Å²) in [6.07, 6.45) is 1.00. The molecule has 1 aromatic carbocycles. The molecule has 3 N–H and O–H groups in total. The fourth-order valence-electron chi connectivity index (χ4n) is 1.71. The van der Waals surface area contributed by atoms with Crippen LogP contribution in [0.25, 0.3) is 0 Å². The number of hydrogen-bond acceptors (Lipinski definition) is 4. The van der Waals surface area contributed by atoms with Gasteiger partial charge in [0.2, 0.25) is 5.75 Å². The van der Waals surface area contributed by atoms with Gasteiger partial charge in [0.25, 0.3) is 0 Å². The summed E-state index contributed by atoms with van der Waals surface area (Å²) < 4.78 is 15.9. The first kappa shape index (κ1) is 19.6. The Labute approximate surface area is 143 Å². The first-order valence-electron chi connectivity index (χ1n) is 6.48. The van der Waals surface area contributed by atoms with Crippen molar-refractivity contribution in [3.05, 3.63) is 17.7 Å². The standard InChI is InChI=1S/C14H23N3O3.HI/c1-5-6-16-14(15)17-9-10-7-11(18-2)13(20-4)12(8-10)19-3;/h7-8H,5-6,9H2,1-4H3,(H3,15,16,17);1H. The van der Waals surface area contributed by atoms with Crippen molar-refractivity contribution < 1.29 is 14.2 Å². The highest BCUT2D eigenvalue weighted by molar-refractivity contribution is 14.0. The summed E-state index contributed by atoms with van der Waals surface area (Å²) in [6, 6.07) is 3.72. The Bertz CT molecular complexity index is 442. The molecule has 0 aliphatic rings. The predicted octanol–water partition coefficient (Wildman–Crippen LogP) is 2.14. The van der Waals surface area contributed by atoms with E-state index in [1.165, 1.54) is 0 Å². The van der Waals surface area contributed by atoms with Crippen molar-refractivity contribution in [2.24, 2.45) is 10.7 Å². The van der Waals surface area contributed by atoms with Gasteiger partial charge in [-0.3, -0.25) is 0 Å². The molecule has 7 heteroatoms. The Hall–Kier alpha value is -1.38. The Balaban J connectivity index is 0.00000400. The Morgan fingerprint density at radius 1 is 1.14 bits per heavy atom. The van der Waals surface area contributed by atoms with Crippen LogP contribution in [0.1, 0.15) is 18.9 Å². The highest BCUT2D eigenvalue weighted by Gasteiger charge is 2.12. The molecule has 120 valence electrons. The average molecular weight is 409 g/mol. The number of nitrogens with two attached hydrogens (primary N) is 1. The lowest BCUT2D eigenvalue weighted by Crippen LogP contribution is -2.32. The monoisotopic (exact) mass is 409 g/mol. The van der Waals surface area contributed by atoms with Gasteiger partial charge in [0, 0.05) is 6.54 Å². The molecule has 0 amide bonds. The first-order valence-corrected chi connectivity index (χ1v) is 6.48. The third-order valence-electron chi connectivity index (χ3n) is 2.71. The van der Waals surface area contributed by atoms with Crippen LogP contribution in [0.5, 0.6) is 17.2 Å². The maximum absolute atomic E-state index is 5.76. The highest BCUT2D eigenvalue weighted by atomic mass is 127. The van der Waals surface area contributed by atoms with E-state index < -0.39 is 0 Å². The molecule has 0 atom stereocenters. The van der Waals surface area contributed by atoms with Crippen LogP contribution in [0.15, 0.2) is 17.1 Å². The molecule has 0 heterocycles. The van der Waals surface area contributed by atoms with Crippen molar-refractivity contribution >= 4 is 29.9 Å². The van der Waals surface area contributed by atoms with Gasteiger partial charge in [-0.25, -0.2) is 4.99 Å². The highest BCUT2D eigenvalue weighted by Crippen LogP contribution is 2.38. The zero-order valence-corrected chi connectivity index (χ0v) is 15.3. The number of benzene rings is 1. The van der Waals surface area contributed by atoms with Crippen molar-refractivity contribution in [3.8, 4) is 17.2 Å². The predicted molar refractivity (Wildman–Crippen MR) is 95.1 cm³/mol. The fourth-order valence-corrected chi connectivity index (χ4v) is 1.71. The number of ether oxygens (including phenoxy) is 3. The minimum Gasteiger partial charge on any atom is -0.493 e. The van der Waals surface area contributed by atoms with E-state index in [9.17, 15) is 0 Å². The third kappa shape index (κ3) is 5.86. The molecule has 21 heavy (non-hydrogen) atoms. The summed E-state index contributed by atoms with van der Waals surface area (Å²) in [6.45, 7) is 3.32. The van der Waals surface area contributed by atoms with E-state index in [-0.39, 0.29) is 24.0 Å². The zero-order valence-electron chi connectivity index (χ0n) is 12.9. The van der Waals surface area contributed by atoms with Gasteiger partial charge in [0.15, 0.2) is 17.5 Å². The van der Waals surface area contributed by atoms with Gasteiger partial charge in [-0.2, -0.15) is 0 Å². The van der Waals surface area contributed by atoms with Gasteiger partial charge >= 0.3 is 0 Å². The molecule has 0 aliphatic heterocycles. The van der Waals surface area contributed by atoms with Crippen molar-refractivity contribution in [2.75, 3.05) is 27.9 Å². The van der Waals surface area contributed by atoms with Gasteiger partial charge in [-0.15, -0.1) is 24.0 Å². The number of hydrogen-bond donors (Lipinski definition) is 2. The van der Waals surface area contributed by atoms with Crippen molar-refractivity contribution in [2.45, 2.75) is 19.9 Å². The number of methoxy groups -OCH3 is 3. The summed E-state index contributed by atoms with van der Waals surface area (Å²) in [7, 11) is 4.74. The molecule has 0 radical (unpaired) electrons. The molecule has 0 unspecified atom stereocenters. The molecule has 1 rings (SSSR count). The van der Waals surface area contributed by atoms with Crippen LogP contribution in [-0.4, -0.2) is 33.8 Å². The molecule has 0 fully saturated rings. The Kier molecular flexibility index (Phi) is 9.68. The molecular weight excluding hydrogens is 385 g/mol. The molecule has 6 nitrogen and oxygen atoms in total. The second kappa shape index (κ2) is 10.4. The summed E-state index contributed by atoms with van der Waals surface area (Å²) in [5.74, 6) is 2.22. The van der Waals surface area contributed by atoms with Crippen LogP contribution in [0.2, 0.25) is 0 Å². The fraction of sp³-hybridized carbons (Fsp3) is 0.500. The van der Waals surface area contributed by atoms with E-state index >= 15 is 0 Å². The number of halogens is 1. The van der Waals surface area contributed by atoms with Crippen LogP contribution >= 0.6 is 24.0 Å². The van der Waals surface area contributed by atoms with Gasteiger partial charge in [-0.1, -0.05) is 6.92 Å². The number of aliphatic imine (C=N–C) groups is 1. The third-order valence-corrected chi connectivity index (χ3v) is 2.71. The Morgan fingerprint density at radius 2 is 1.71 bits per heavy atom. The number of nitrogens with zero attached hydrogens (tertiary/aromatic N) is 1. The second-order valence-corrected chi connectivity index (χ2v) is 4.16. The maximum atomic E-state index is 5.76.